The number of carbonyl (C=O) groups excluding carboxylic acids is 2. The molecule has 2 aromatic rings. The van der Waals surface area contributed by atoms with Crippen LogP contribution in [0.3, 0.4) is 0 Å². The van der Waals surface area contributed by atoms with Gasteiger partial charge in [-0.1, -0.05) is 42.5 Å². The van der Waals surface area contributed by atoms with Crippen molar-refractivity contribution >= 4 is 23.5 Å². The van der Waals surface area contributed by atoms with Crippen LogP contribution in [0, 0.1) is 5.92 Å². The summed E-state index contributed by atoms with van der Waals surface area (Å²) >= 11 is 0. The monoisotopic (exact) mass is 343 g/mol. The first-order valence-corrected chi connectivity index (χ1v) is 8.60. The molecule has 2 amide bonds. The average Bonchev–Trinajstić information content (AvgIpc) is 2.66. The Labute approximate surface area is 151 Å². The van der Waals surface area contributed by atoms with Crippen LogP contribution < -0.4 is 4.74 Å². The maximum absolute atomic E-state index is 13.4. The number of allylic oxidation sites excluding steroid dienone is 2. The molecule has 2 atom stereocenters. The van der Waals surface area contributed by atoms with E-state index >= 15 is 0 Å². The summed E-state index contributed by atoms with van der Waals surface area (Å²) in [4.78, 5) is 27.4. The van der Waals surface area contributed by atoms with Crippen LogP contribution in [0.1, 0.15) is 27.0 Å². The molecule has 0 radical (unpaired) electrons. The van der Waals surface area contributed by atoms with E-state index in [2.05, 4.69) is 12.2 Å². The van der Waals surface area contributed by atoms with Crippen LogP contribution in [-0.2, 0) is 10.2 Å². The molecule has 0 bridgehead atoms. The molecule has 128 valence electrons. The van der Waals surface area contributed by atoms with E-state index in [0.717, 1.165) is 28.0 Å². The van der Waals surface area contributed by atoms with Crippen molar-refractivity contribution in [2.24, 2.45) is 5.92 Å². The summed E-state index contributed by atoms with van der Waals surface area (Å²) in [5.41, 5.74) is 3.57. The second kappa shape index (κ2) is 4.94. The maximum Gasteiger partial charge on any atom is 0.260 e. The minimum Gasteiger partial charge on any atom is -0.497 e. The summed E-state index contributed by atoms with van der Waals surface area (Å²) in [7, 11) is 3.21. The molecule has 0 aromatic heterocycles. The molecule has 2 aromatic carbocycles. The summed E-state index contributed by atoms with van der Waals surface area (Å²) < 4.78 is 5.25. The highest BCUT2D eigenvalue weighted by Gasteiger charge is 2.61. The number of carbonyl (C=O) groups is 2. The number of nitrogens with zero attached hydrogens (tertiary/aromatic N) is 1. The third kappa shape index (κ3) is 1.59. The lowest BCUT2D eigenvalue weighted by Gasteiger charge is -2.53. The van der Waals surface area contributed by atoms with Crippen molar-refractivity contribution in [2.45, 2.75) is 5.41 Å². The molecule has 2 aliphatic carbocycles. The van der Waals surface area contributed by atoms with E-state index < -0.39 is 5.41 Å². The zero-order chi connectivity index (χ0) is 18.1. The summed E-state index contributed by atoms with van der Waals surface area (Å²) in [6.07, 6.45) is 6.22. The molecule has 0 N–H and O–H groups in total. The Balaban J connectivity index is 1.78. The van der Waals surface area contributed by atoms with E-state index in [1.807, 2.05) is 48.5 Å². The van der Waals surface area contributed by atoms with Gasteiger partial charge in [-0.15, -0.1) is 0 Å². The average molecular weight is 343 g/mol. The summed E-state index contributed by atoms with van der Waals surface area (Å²) in [5.74, 6) is 0.364. The highest BCUT2D eigenvalue weighted by Crippen LogP contribution is 2.60. The first-order valence-electron chi connectivity index (χ1n) is 8.60. The molecule has 5 rings (SSSR count). The van der Waals surface area contributed by atoms with Gasteiger partial charge in [0.25, 0.3) is 5.91 Å². The predicted molar refractivity (Wildman–Crippen MR) is 98.7 cm³/mol. The Hall–Kier alpha value is -3.14. The topological polar surface area (TPSA) is 46.6 Å². The smallest absolute Gasteiger partial charge is 0.260 e. The molecule has 0 fully saturated rings. The van der Waals surface area contributed by atoms with Gasteiger partial charge < -0.3 is 4.74 Å². The van der Waals surface area contributed by atoms with Gasteiger partial charge in [-0.3, -0.25) is 14.5 Å². The number of hydrogen-bond acceptors (Lipinski definition) is 3. The fraction of sp³-hybridized carbons (Fsp3) is 0.182. The molecule has 3 aliphatic rings. The number of likely N-dealkylation sites (N-methyl/N-ethyl adjacent to an activating group) is 1. The number of methoxy groups -OCH3 is 1. The molecule has 1 aliphatic heterocycles. The van der Waals surface area contributed by atoms with Crippen molar-refractivity contribution in [3.8, 4) is 5.75 Å². The van der Waals surface area contributed by atoms with Crippen molar-refractivity contribution in [1.82, 2.24) is 4.90 Å². The minimum atomic E-state index is -0.808. The number of ether oxygens (including phenoxy) is 1. The summed E-state index contributed by atoms with van der Waals surface area (Å²) in [5, 5.41) is 0. The lowest BCUT2D eigenvalue weighted by Crippen LogP contribution is -2.60. The Morgan fingerprint density at radius 2 is 1.85 bits per heavy atom. The zero-order valence-corrected chi connectivity index (χ0v) is 14.5. The summed E-state index contributed by atoms with van der Waals surface area (Å²) in [6.45, 7) is 0. The fourth-order valence-corrected chi connectivity index (χ4v) is 4.55. The number of imide groups is 1. The van der Waals surface area contributed by atoms with Crippen LogP contribution >= 0.6 is 0 Å². The zero-order valence-electron chi connectivity index (χ0n) is 14.5. The lowest BCUT2D eigenvalue weighted by molar-refractivity contribution is -0.133. The van der Waals surface area contributed by atoms with Gasteiger partial charge in [0.2, 0.25) is 5.91 Å². The largest absolute Gasteiger partial charge is 0.497 e. The highest BCUT2D eigenvalue weighted by atomic mass is 16.5. The van der Waals surface area contributed by atoms with Crippen LogP contribution in [-0.4, -0.2) is 30.9 Å². The SMILES string of the molecule is COc1ccc(C2=C[C@H]3C=Cc4cccc5c4[C@@]23C(=O)N(C)C5=O)cc1. The van der Waals surface area contributed by atoms with Crippen LogP contribution in [0.15, 0.2) is 54.6 Å². The van der Waals surface area contributed by atoms with Gasteiger partial charge in [0.05, 0.1) is 7.11 Å². The third-order valence-electron chi connectivity index (χ3n) is 5.82. The maximum atomic E-state index is 13.4. The van der Waals surface area contributed by atoms with E-state index in [0.29, 0.717) is 5.56 Å². The molecule has 26 heavy (non-hydrogen) atoms. The van der Waals surface area contributed by atoms with Gasteiger partial charge >= 0.3 is 0 Å². The lowest BCUT2D eigenvalue weighted by atomic mass is 9.50. The molecule has 1 heterocycles. The highest BCUT2D eigenvalue weighted by molar-refractivity contribution is 6.21. The van der Waals surface area contributed by atoms with Crippen molar-refractivity contribution in [1.29, 1.82) is 0 Å². The minimum absolute atomic E-state index is 0.0312. The Bertz CT molecular complexity index is 1030. The van der Waals surface area contributed by atoms with E-state index in [1.54, 1.807) is 14.2 Å². The van der Waals surface area contributed by atoms with Gasteiger partial charge in [0.1, 0.15) is 11.2 Å². The molecule has 0 saturated heterocycles. The van der Waals surface area contributed by atoms with Gasteiger partial charge in [0.15, 0.2) is 0 Å². The fourth-order valence-electron chi connectivity index (χ4n) is 4.55. The molecule has 1 spiro atoms. The van der Waals surface area contributed by atoms with E-state index in [9.17, 15) is 9.59 Å². The van der Waals surface area contributed by atoms with Crippen LogP contribution in [0.2, 0.25) is 0 Å². The van der Waals surface area contributed by atoms with Crippen molar-refractivity contribution in [3.05, 3.63) is 76.9 Å². The van der Waals surface area contributed by atoms with Crippen molar-refractivity contribution < 1.29 is 14.3 Å². The van der Waals surface area contributed by atoms with Gasteiger partial charge in [-0.2, -0.15) is 0 Å². The van der Waals surface area contributed by atoms with Gasteiger partial charge in [0, 0.05) is 18.5 Å². The normalized spacial score (nSPS) is 25.2. The number of amides is 2. The second-order valence-corrected chi connectivity index (χ2v) is 6.94. The van der Waals surface area contributed by atoms with Crippen LogP contribution in [0.5, 0.6) is 5.75 Å². The Kier molecular flexibility index (Phi) is 2.88. The number of hydrogen-bond donors (Lipinski definition) is 0. The number of rotatable bonds is 2. The Morgan fingerprint density at radius 1 is 1.08 bits per heavy atom. The van der Waals surface area contributed by atoms with Crippen molar-refractivity contribution in [2.75, 3.05) is 14.2 Å². The molecule has 4 heteroatoms. The molecular formula is C22H17NO3. The van der Waals surface area contributed by atoms with Crippen molar-refractivity contribution in [3.63, 3.8) is 0 Å². The second-order valence-electron chi connectivity index (χ2n) is 6.94. The quantitative estimate of drug-likeness (QED) is 0.786. The van der Waals surface area contributed by atoms with Gasteiger partial charge in [-0.05, 0) is 40.5 Å². The van der Waals surface area contributed by atoms with E-state index in [4.69, 9.17) is 4.74 Å². The van der Waals surface area contributed by atoms with Crippen LogP contribution in [0.4, 0.5) is 0 Å². The van der Waals surface area contributed by atoms with Gasteiger partial charge in [-0.25, -0.2) is 0 Å². The van der Waals surface area contributed by atoms with Crippen LogP contribution in [0.25, 0.3) is 11.6 Å². The summed E-state index contributed by atoms with van der Waals surface area (Å²) in [6, 6.07) is 13.4. The molecular weight excluding hydrogens is 326 g/mol. The first kappa shape index (κ1) is 15.1. The first-order chi connectivity index (χ1) is 12.6. The van der Waals surface area contributed by atoms with E-state index in [1.165, 1.54) is 4.90 Å². The third-order valence-corrected chi connectivity index (χ3v) is 5.82. The predicted octanol–water partition coefficient (Wildman–Crippen LogP) is 3.29. The van der Waals surface area contributed by atoms with E-state index in [-0.39, 0.29) is 17.7 Å². The standard InChI is InChI=1S/C22H17NO3/c1-23-20(24)17-5-3-4-14-6-9-15-12-18(22(15,19(14)17)21(23)25)13-7-10-16(26-2)11-8-13/h3-12,15H,1-2H3/t15-,22+/m1/s1. The molecule has 0 saturated carbocycles. The molecule has 4 nitrogen and oxygen atoms in total. The Morgan fingerprint density at radius 3 is 2.58 bits per heavy atom. The number of benzene rings is 2. The molecule has 0 unspecified atom stereocenters.